The molecule has 0 amide bonds. The molecule has 1 atom stereocenters. The van der Waals surface area contributed by atoms with Crippen molar-refractivity contribution in [2.75, 3.05) is 32.8 Å². The second-order valence-corrected chi connectivity index (χ2v) is 6.81. The molecule has 1 aliphatic heterocycles. The van der Waals surface area contributed by atoms with Crippen molar-refractivity contribution in [3.63, 3.8) is 0 Å². The summed E-state index contributed by atoms with van der Waals surface area (Å²) in [5, 5.41) is 1.12. The standard InChI is InChI=1S/C22H23FN2O.2ClH/c23-20-5-1-3-17(16-20)21(8-10-25-11-13-26-14-12-25)18-6-7-22-19(15-18)4-2-9-24-22;;/h1-7,9,15-16,21H,8,10-14H2;2*1H. The lowest BCUT2D eigenvalue weighted by atomic mass is 9.87. The maximum Gasteiger partial charge on any atom is 0.123 e. The van der Waals surface area contributed by atoms with Crippen LogP contribution in [0.5, 0.6) is 0 Å². The predicted molar refractivity (Wildman–Crippen MR) is 116 cm³/mol. The Labute approximate surface area is 177 Å². The van der Waals surface area contributed by atoms with Crippen LogP contribution in [0.4, 0.5) is 4.39 Å². The number of ether oxygens (including phenoxy) is 1. The highest BCUT2D eigenvalue weighted by molar-refractivity contribution is 5.85. The number of hydrogen-bond acceptors (Lipinski definition) is 3. The van der Waals surface area contributed by atoms with E-state index in [9.17, 15) is 4.39 Å². The summed E-state index contributed by atoms with van der Waals surface area (Å²) in [6, 6.07) is 17.4. The average molecular weight is 423 g/mol. The Morgan fingerprint density at radius 1 is 0.964 bits per heavy atom. The highest BCUT2D eigenvalue weighted by atomic mass is 35.5. The molecule has 1 fully saturated rings. The molecule has 3 aromatic rings. The smallest absolute Gasteiger partial charge is 0.123 e. The Morgan fingerprint density at radius 2 is 1.75 bits per heavy atom. The molecule has 0 saturated carbocycles. The number of hydrogen-bond donors (Lipinski definition) is 0. The first-order valence-electron chi connectivity index (χ1n) is 9.20. The van der Waals surface area contributed by atoms with Crippen LogP contribution in [0.1, 0.15) is 23.5 Å². The minimum atomic E-state index is -0.179. The third-order valence-electron chi connectivity index (χ3n) is 5.12. The molecule has 1 aliphatic rings. The summed E-state index contributed by atoms with van der Waals surface area (Å²) < 4.78 is 19.3. The molecule has 4 rings (SSSR count). The number of pyridine rings is 1. The highest BCUT2D eigenvalue weighted by Crippen LogP contribution is 2.30. The molecule has 28 heavy (non-hydrogen) atoms. The number of nitrogens with zero attached hydrogens (tertiary/aromatic N) is 2. The third-order valence-corrected chi connectivity index (χ3v) is 5.12. The predicted octanol–water partition coefficient (Wildman–Crippen LogP) is 5.07. The molecule has 2 heterocycles. The molecule has 1 aromatic heterocycles. The molecular weight excluding hydrogens is 398 g/mol. The summed E-state index contributed by atoms with van der Waals surface area (Å²) in [7, 11) is 0. The molecule has 2 aromatic carbocycles. The highest BCUT2D eigenvalue weighted by Gasteiger charge is 2.18. The Hall–Kier alpha value is -1.72. The summed E-state index contributed by atoms with van der Waals surface area (Å²) in [6.45, 7) is 4.52. The fourth-order valence-electron chi connectivity index (χ4n) is 3.70. The van der Waals surface area contributed by atoms with Crippen molar-refractivity contribution in [2.24, 2.45) is 0 Å². The van der Waals surface area contributed by atoms with Crippen LogP contribution in [0.3, 0.4) is 0 Å². The van der Waals surface area contributed by atoms with Gasteiger partial charge in [0.05, 0.1) is 18.7 Å². The van der Waals surface area contributed by atoms with Gasteiger partial charge in [-0.25, -0.2) is 4.39 Å². The van der Waals surface area contributed by atoms with E-state index < -0.39 is 0 Å². The zero-order valence-electron chi connectivity index (χ0n) is 15.6. The molecule has 0 spiro atoms. The van der Waals surface area contributed by atoms with Gasteiger partial charge in [-0.05, 0) is 54.4 Å². The molecule has 0 N–H and O–H groups in total. The van der Waals surface area contributed by atoms with Crippen molar-refractivity contribution in [3.8, 4) is 0 Å². The summed E-state index contributed by atoms with van der Waals surface area (Å²) in [6.07, 6.45) is 2.76. The van der Waals surface area contributed by atoms with E-state index >= 15 is 0 Å². The number of halogens is 3. The molecular formula is C22H25Cl2FN2O. The van der Waals surface area contributed by atoms with Gasteiger partial charge in [0.25, 0.3) is 0 Å². The monoisotopic (exact) mass is 422 g/mol. The minimum absolute atomic E-state index is 0. The van der Waals surface area contributed by atoms with Crippen molar-refractivity contribution in [3.05, 3.63) is 77.7 Å². The van der Waals surface area contributed by atoms with Gasteiger partial charge in [-0.2, -0.15) is 0 Å². The molecule has 0 radical (unpaired) electrons. The van der Waals surface area contributed by atoms with Crippen molar-refractivity contribution >= 4 is 35.7 Å². The number of benzene rings is 2. The van der Waals surface area contributed by atoms with Gasteiger partial charge in [-0.3, -0.25) is 9.88 Å². The average Bonchev–Trinajstić information content (AvgIpc) is 2.69. The van der Waals surface area contributed by atoms with Crippen LogP contribution in [0, 0.1) is 5.82 Å². The van der Waals surface area contributed by atoms with Crippen molar-refractivity contribution in [1.29, 1.82) is 0 Å². The third kappa shape index (κ3) is 5.42. The zero-order valence-corrected chi connectivity index (χ0v) is 17.2. The summed E-state index contributed by atoms with van der Waals surface area (Å²) in [4.78, 5) is 6.83. The fraction of sp³-hybridized carbons (Fsp3) is 0.318. The van der Waals surface area contributed by atoms with Gasteiger partial charge in [0.15, 0.2) is 0 Å². The first-order chi connectivity index (χ1) is 12.8. The van der Waals surface area contributed by atoms with Crippen LogP contribution < -0.4 is 0 Å². The quantitative estimate of drug-likeness (QED) is 0.573. The van der Waals surface area contributed by atoms with Gasteiger partial charge in [-0.1, -0.05) is 24.3 Å². The number of fused-ring (bicyclic) bond motifs is 1. The topological polar surface area (TPSA) is 25.4 Å². The van der Waals surface area contributed by atoms with Crippen LogP contribution >= 0.6 is 24.8 Å². The van der Waals surface area contributed by atoms with E-state index in [2.05, 4.69) is 34.1 Å². The normalized spacial score (nSPS) is 15.5. The maximum atomic E-state index is 13.9. The molecule has 1 unspecified atom stereocenters. The van der Waals surface area contributed by atoms with E-state index in [0.29, 0.717) is 0 Å². The SMILES string of the molecule is Cl.Cl.Fc1cccc(C(CCN2CCOCC2)c2ccc3ncccc3c2)c1. The fourth-order valence-corrected chi connectivity index (χ4v) is 3.70. The van der Waals surface area contributed by atoms with Gasteiger partial charge < -0.3 is 4.74 Å². The molecule has 150 valence electrons. The summed E-state index contributed by atoms with van der Waals surface area (Å²) in [5.74, 6) is -0.0144. The van der Waals surface area contributed by atoms with Crippen LogP contribution in [0.15, 0.2) is 60.8 Å². The van der Waals surface area contributed by atoms with E-state index in [1.807, 2.05) is 18.3 Å². The van der Waals surface area contributed by atoms with E-state index in [0.717, 1.165) is 55.7 Å². The molecule has 0 aliphatic carbocycles. The number of morpholine rings is 1. The largest absolute Gasteiger partial charge is 0.379 e. The molecule has 3 nitrogen and oxygen atoms in total. The minimum Gasteiger partial charge on any atom is -0.379 e. The number of aromatic nitrogens is 1. The Bertz CT molecular complexity index is 887. The lowest BCUT2D eigenvalue weighted by Gasteiger charge is -2.28. The first-order valence-corrected chi connectivity index (χ1v) is 9.20. The second kappa shape index (κ2) is 10.7. The van der Waals surface area contributed by atoms with Gasteiger partial charge >= 0.3 is 0 Å². The Morgan fingerprint density at radius 3 is 2.54 bits per heavy atom. The van der Waals surface area contributed by atoms with Crippen molar-refractivity contribution in [1.82, 2.24) is 9.88 Å². The zero-order chi connectivity index (χ0) is 17.8. The maximum absolute atomic E-state index is 13.9. The first kappa shape index (κ1) is 22.6. The van der Waals surface area contributed by atoms with E-state index in [4.69, 9.17) is 4.74 Å². The van der Waals surface area contributed by atoms with E-state index in [-0.39, 0.29) is 36.5 Å². The molecule has 6 heteroatoms. The Balaban J connectivity index is 0.00000140. The van der Waals surface area contributed by atoms with Crippen LogP contribution in [-0.4, -0.2) is 42.7 Å². The Kier molecular flexibility index (Phi) is 8.64. The van der Waals surface area contributed by atoms with Crippen molar-refractivity contribution < 1.29 is 9.13 Å². The van der Waals surface area contributed by atoms with Crippen LogP contribution in [-0.2, 0) is 4.74 Å². The summed E-state index contributed by atoms with van der Waals surface area (Å²) >= 11 is 0. The molecule has 1 saturated heterocycles. The number of rotatable bonds is 5. The van der Waals surface area contributed by atoms with Gasteiger partial charge in [0, 0.05) is 30.6 Å². The molecule has 0 bridgehead atoms. The van der Waals surface area contributed by atoms with E-state index in [1.54, 1.807) is 12.1 Å². The second-order valence-electron chi connectivity index (χ2n) is 6.81. The van der Waals surface area contributed by atoms with Crippen LogP contribution in [0.2, 0.25) is 0 Å². The van der Waals surface area contributed by atoms with Gasteiger partial charge in [-0.15, -0.1) is 24.8 Å². The van der Waals surface area contributed by atoms with Gasteiger partial charge in [0.2, 0.25) is 0 Å². The summed E-state index contributed by atoms with van der Waals surface area (Å²) in [5.41, 5.74) is 3.23. The van der Waals surface area contributed by atoms with Crippen molar-refractivity contribution in [2.45, 2.75) is 12.3 Å². The lowest BCUT2D eigenvalue weighted by molar-refractivity contribution is 0.0369. The van der Waals surface area contributed by atoms with Gasteiger partial charge in [0.1, 0.15) is 5.82 Å². The van der Waals surface area contributed by atoms with E-state index in [1.165, 1.54) is 11.6 Å². The lowest BCUT2D eigenvalue weighted by Crippen LogP contribution is -2.37. The van der Waals surface area contributed by atoms with Crippen LogP contribution in [0.25, 0.3) is 10.9 Å².